The first kappa shape index (κ1) is 10.1. The minimum atomic E-state index is -3.98. The summed E-state index contributed by atoms with van der Waals surface area (Å²) in [4.78, 5) is 0. The minimum absolute atomic E-state index is 0.462. The predicted octanol–water partition coefficient (Wildman–Crippen LogP) is -1.14. The lowest BCUT2D eigenvalue weighted by atomic mass is 10.3. The molecule has 0 bridgehead atoms. The number of aromatic nitrogens is 1. The van der Waals surface area contributed by atoms with Crippen molar-refractivity contribution in [2.24, 2.45) is 0 Å². The molecule has 0 saturated carbocycles. The Balaban J connectivity index is 2.82. The van der Waals surface area contributed by atoms with Crippen LogP contribution in [0.4, 0.5) is 0 Å². The second-order valence-corrected chi connectivity index (χ2v) is 4.15. The Morgan fingerprint density at radius 3 is 2.46 bits per heavy atom. The highest BCUT2D eigenvalue weighted by Gasteiger charge is 2.12. The zero-order valence-corrected chi connectivity index (χ0v) is 7.82. The van der Waals surface area contributed by atoms with Crippen molar-refractivity contribution >= 4 is 10.1 Å². The molecule has 6 heteroatoms. The van der Waals surface area contributed by atoms with E-state index in [0.717, 1.165) is 5.56 Å². The van der Waals surface area contributed by atoms with Gasteiger partial charge in [0.25, 0.3) is 5.88 Å². The lowest BCUT2D eigenvalue weighted by molar-refractivity contribution is -0.686. The monoisotopic (exact) mass is 203 g/mol. The third-order valence-corrected chi connectivity index (χ3v) is 2.29. The maximum atomic E-state index is 10.7. The Morgan fingerprint density at radius 1 is 1.46 bits per heavy atom. The van der Waals surface area contributed by atoms with Gasteiger partial charge in [-0.05, 0) is 12.5 Å². The standard InChI is InChI=1S/C7H9NO4S/c1-7-2-4-8(5-3-7)6-13(10,11)12-9/h2-5H,6H2,1H3. The molecular formula is C7H9NO4S. The Hall–Kier alpha value is -0.980. The van der Waals surface area contributed by atoms with Gasteiger partial charge in [-0.15, -0.1) is 0 Å². The lowest BCUT2D eigenvalue weighted by Gasteiger charge is -2.03. The number of pyridine rings is 1. The van der Waals surface area contributed by atoms with Gasteiger partial charge in [0.1, 0.15) is 0 Å². The van der Waals surface area contributed by atoms with Crippen LogP contribution in [0.2, 0.25) is 0 Å². The summed E-state index contributed by atoms with van der Waals surface area (Å²) in [7, 11) is -3.98. The molecule has 0 aliphatic carbocycles. The summed E-state index contributed by atoms with van der Waals surface area (Å²) < 4.78 is 25.8. The van der Waals surface area contributed by atoms with E-state index >= 15 is 0 Å². The Bertz CT molecular complexity index is 370. The molecule has 0 N–H and O–H groups in total. The molecule has 0 radical (unpaired) electrons. The first-order valence-electron chi connectivity index (χ1n) is 3.53. The van der Waals surface area contributed by atoms with E-state index in [1.165, 1.54) is 4.57 Å². The van der Waals surface area contributed by atoms with Crippen molar-refractivity contribution in [1.82, 2.24) is 0 Å². The van der Waals surface area contributed by atoms with Gasteiger partial charge in [-0.1, -0.05) is 0 Å². The van der Waals surface area contributed by atoms with Gasteiger partial charge in [0.15, 0.2) is 12.4 Å². The molecule has 72 valence electrons. The summed E-state index contributed by atoms with van der Waals surface area (Å²) >= 11 is 0. The maximum absolute atomic E-state index is 10.7. The van der Waals surface area contributed by atoms with Gasteiger partial charge in [-0.3, -0.25) is 0 Å². The van der Waals surface area contributed by atoms with E-state index in [-0.39, 0.29) is 0 Å². The fourth-order valence-electron chi connectivity index (χ4n) is 0.822. The van der Waals surface area contributed by atoms with E-state index in [2.05, 4.69) is 4.33 Å². The second-order valence-electron chi connectivity index (χ2n) is 2.64. The predicted molar refractivity (Wildman–Crippen MR) is 41.4 cm³/mol. The average Bonchev–Trinajstić information content (AvgIpc) is 2.09. The van der Waals surface area contributed by atoms with Crippen LogP contribution in [0.1, 0.15) is 5.56 Å². The number of nitrogens with zero attached hydrogens (tertiary/aromatic N) is 1. The fraction of sp³-hybridized carbons (Fsp3) is 0.286. The van der Waals surface area contributed by atoms with Crippen LogP contribution in [0, 0.1) is 6.92 Å². The Morgan fingerprint density at radius 2 is 2.00 bits per heavy atom. The summed E-state index contributed by atoms with van der Waals surface area (Å²) in [5.41, 5.74) is 1.01. The molecule has 5 nitrogen and oxygen atoms in total. The quantitative estimate of drug-likeness (QED) is 0.354. The van der Waals surface area contributed by atoms with Gasteiger partial charge in [0.05, 0.1) is 0 Å². The van der Waals surface area contributed by atoms with E-state index in [1.807, 2.05) is 6.92 Å². The molecule has 0 unspecified atom stereocenters. The smallest absolute Gasteiger partial charge is 0.320 e. The highest BCUT2D eigenvalue weighted by molar-refractivity contribution is 7.85. The first-order valence-corrected chi connectivity index (χ1v) is 5.11. The summed E-state index contributed by atoms with van der Waals surface area (Å²) in [5.74, 6) is -0.462. The molecule has 13 heavy (non-hydrogen) atoms. The highest BCUT2D eigenvalue weighted by Crippen LogP contribution is 1.92. The van der Waals surface area contributed by atoms with Crippen LogP contribution in [-0.4, -0.2) is 8.42 Å². The van der Waals surface area contributed by atoms with Crippen molar-refractivity contribution in [3.8, 4) is 0 Å². The Kier molecular flexibility index (Phi) is 2.97. The minimum Gasteiger partial charge on any atom is -0.707 e. The molecule has 1 heterocycles. The molecule has 0 aliphatic heterocycles. The summed E-state index contributed by atoms with van der Waals surface area (Å²) in [6.45, 7) is 1.88. The Labute approximate surface area is 76.3 Å². The molecule has 0 aliphatic rings. The number of hydrogen-bond acceptors (Lipinski definition) is 4. The molecule has 0 atom stereocenters. The van der Waals surface area contributed by atoms with Crippen LogP contribution in [0.3, 0.4) is 0 Å². The molecule has 0 fully saturated rings. The molecule has 1 aromatic heterocycles. The molecule has 0 saturated heterocycles. The van der Waals surface area contributed by atoms with Crippen LogP contribution in [0.5, 0.6) is 0 Å². The van der Waals surface area contributed by atoms with Crippen LogP contribution >= 0.6 is 0 Å². The van der Waals surface area contributed by atoms with Crippen molar-refractivity contribution in [2.75, 3.05) is 0 Å². The molecule has 1 rings (SSSR count). The molecular weight excluding hydrogens is 194 g/mol. The SMILES string of the molecule is Cc1cc[n+](CS(=O)(=O)O[O-])cc1. The van der Waals surface area contributed by atoms with Gasteiger partial charge in [0.2, 0.25) is 0 Å². The van der Waals surface area contributed by atoms with Crippen molar-refractivity contribution in [2.45, 2.75) is 12.8 Å². The van der Waals surface area contributed by atoms with E-state index in [0.29, 0.717) is 0 Å². The zero-order valence-electron chi connectivity index (χ0n) is 7.00. The number of hydrogen-bond donors (Lipinski definition) is 0. The highest BCUT2D eigenvalue weighted by atomic mass is 32.2. The third-order valence-electron chi connectivity index (χ3n) is 1.47. The number of aryl methyl sites for hydroxylation is 1. The van der Waals surface area contributed by atoms with Crippen LogP contribution < -0.4 is 9.82 Å². The first-order chi connectivity index (χ1) is 6.03. The fourth-order valence-corrected chi connectivity index (χ4v) is 1.40. The topological polar surface area (TPSA) is 70.3 Å². The van der Waals surface area contributed by atoms with Gasteiger partial charge in [0, 0.05) is 12.1 Å². The van der Waals surface area contributed by atoms with Crippen molar-refractivity contribution < 1.29 is 22.6 Å². The van der Waals surface area contributed by atoms with Crippen molar-refractivity contribution in [3.63, 3.8) is 0 Å². The third kappa shape index (κ3) is 3.10. The lowest BCUT2D eigenvalue weighted by Crippen LogP contribution is -2.38. The number of rotatable bonds is 3. The summed E-state index contributed by atoms with van der Waals surface area (Å²) in [5, 5.41) is 9.72. The molecule has 0 spiro atoms. The summed E-state index contributed by atoms with van der Waals surface area (Å²) in [6.07, 6.45) is 3.12. The van der Waals surface area contributed by atoms with Gasteiger partial charge < -0.3 is 9.59 Å². The molecule has 0 aromatic carbocycles. The van der Waals surface area contributed by atoms with Crippen LogP contribution in [0.25, 0.3) is 0 Å². The van der Waals surface area contributed by atoms with E-state index in [4.69, 9.17) is 0 Å². The van der Waals surface area contributed by atoms with E-state index < -0.39 is 16.0 Å². The van der Waals surface area contributed by atoms with Gasteiger partial charge >= 0.3 is 10.1 Å². The average molecular weight is 203 g/mol. The normalized spacial score (nSPS) is 11.5. The second kappa shape index (κ2) is 3.82. The maximum Gasteiger partial charge on any atom is 0.320 e. The zero-order chi connectivity index (χ0) is 9.90. The van der Waals surface area contributed by atoms with E-state index in [9.17, 15) is 13.7 Å². The molecule has 1 aromatic rings. The van der Waals surface area contributed by atoms with Crippen molar-refractivity contribution in [1.29, 1.82) is 0 Å². The van der Waals surface area contributed by atoms with Crippen LogP contribution in [-0.2, 0) is 20.3 Å². The van der Waals surface area contributed by atoms with Gasteiger partial charge in [-0.2, -0.15) is 13.0 Å². The van der Waals surface area contributed by atoms with Gasteiger partial charge in [-0.25, -0.2) is 0 Å². The summed E-state index contributed by atoms with van der Waals surface area (Å²) in [6, 6.07) is 3.47. The van der Waals surface area contributed by atoms with Crippen LogP contribution in [0.15, 0.2) is 24.5 Å². The largest absolute Gasteiger partial charge is 0.707 e. The van der Waals surface area contributed by atoms with Crippen molar-refractivity contribution in [3.05, 3.63) is 30.1 Å². The molecule has 0 amide bonds. The van der Waals surface area contributed by atoms with E-state index in [1.54, 1.807) is 24.5 Å².